The molecule has 2 nitrogen and oxygen atoms in total. The summed E-state index contributed by atoms with van der Waals surface area (Å²) in [6.45, 7) is 1.29. The van der Waals surface area contributed by atoms with Crippen molar-refractivity contribution in [3.63, 3.8) is 0 Å². The van der Waals surface area contributed by atoms with Crippen LogP contribution in [0.5, 0.6) is 0 Å². The van der Waals surface area contributed by atoms with Gasteiger partial charge in [0.15, 0.2) is 0 Å². The number of alkyl halides is 5. The van der Waals surface area contributed by atoms with Gasteiger partial charge in [-0.1, -0.05) is 6.07 Å². The zero-order valence-corrected chi connectivity index (χ0v) is 8.80. The molecule has 0 bridgehead atoms. The molecule has 0 aliphatic carbocycles. The molecule has 0 saturated carbocycles. The Bertz CT molecular complexity index is 389. The molecule has 0 fully saturated rings. The van der Waals surface area contributed by atoms with Gasteiger partial charge < -0.3 is 5.11 Å². The average molecular weight is 255 g/mol. The Balaban J connectivity index is 3.22. The maximum atomic E-state index is 13.1. The number of aliphatic hydroxyl groups is 1. The summed E-state index contributed by atoms with van der Waals surface area (Å²) >= 11 is 0. The van der Waals surface area contributed by atoms with E-state index in [1.165, 1.54) is 13.0 Å². The quantitative estimate of drug-likeness (QED) is 0.842. The normalized spacial score (nSPS) is 14.8. The van der Waals surface area contributed by atoms with Crippen LogP contribution in [0, 0.1) is 0 Å². The summed E-state index contributed by atoms with van der Waals surface area (Å²) in [5.74, 6) is -5.02. The van der Waals surface area contributed by atoms with Crippen LogP contribution in [0.3, 0.4) is 0 Å². The summed E-state index contributed by atoms with van der Waals surface area (Å²) in [6.07, 6.45) is -6.17. The van der Waals surface area contributed by atoms with Gasteiger partial charge >= 0.3 is 12.1 Å². The van der Waals surface area contributed by atoms with Gasteiger partial charge in [0.2, 0.25) is 0 Å². The highest BCUT2D eigenvalue weighted by atomic mass is 19.4. The first-order valence-corrected chi connectivity index (χ1v) is 4.73. The van der Waals surface area contributed by atoms with Gasteiger partial charge in [-0.25, -0.2) is 0 Å². The second kappa shape index (κ2) is 4.56. The SMILES string of the molecule is CC(O)Cc1cccnc1C(F)(F)C(F)(F)F. The van der Waals surface area contributed by atoms with Crippen molar-refractivity contribution < 1.29 is 27.1 Å². The molecule has 1 N–H and O–H groups in total. The molecular formula is C10H10F5NO. The first kappa shape index (κ1) is 13.8. The van der Waals surface area contributed by atoms with E-state index in [4.69, 9.17) is 5.11 Å². The van der Waals surface area contributed by atoms with E-state index in [1.807, 2.05) is 0 Å². The second-order valence-corrected chi connectivity index (χ2v) is 3.64. The summed E-state index contributed by atoms with van der Waals surface area (Å²) in [7, 11) is 0. The van der Waals surface area contributed by atoms with Gasteiger partial charge in [0.05, 0.1) is 6.10 Å². The Labute approximate surface area is 94.1 Å². The summed E-state index contributed by atoms with van der Waals surface area (Å²) in [4.78, 5) is 3.09. The molecule has 0 aliphatic heterocycles. The maximum absolute atomic E-state index is 13.1. The lowest BCUT2D eigenvalue weighted by Gasteiger charge is -2.21. The monoisotopic (exact) mass is 255 g/mol. The third kappa shape index (κ3) is 2.91. The minimum Gasteiger partial charge on any atom is -0.393 e. The molecular weight excluding hydrogens is 245 g/mol. The van der Waals surface area contributed by atoms with Gasteiger partial charge in [-0.3, -0.25) is 4.98 Å². The third-order valence-corrected chi connectivity index (χ3v) is 2.06. The Morgan fingerprint density at radius 2 is 1.88 bits per heavy atom. The fraction of sp³-hybridized carbons (Fsp3) is 0.500. The minimum atomic E-state index is -5.70. The zero-order chi connectivity index (χ0) is 13.3. The Hall–Kier alpha value is -1.24. The molecule has 1 aromatic rings. The van der Waals surface area contributed by atoms with E-state index in [2.05, 4.69) is 4.98 Å². The third-order valence-electron chi connectivity index (χ3n) is 2.06. The summed E-state index contributed by atoms with van der Waals surface area (Å²) in [5.41, 5.74) is -1.67. The van der Waals surface area contributed by atoms with Crippen molar-refractivity contribution in [3.05, 3.63) is 29.6 Å². The predicted molar refractivity (Wildman–Crippen MR) is 49.6 cm³/mol. The highest BCUT2D eigenvalue weighted by Gasteiger charge is 2.60. The number of pyridine rings is 1. The number of nitrogens with zero attached hydrogens (tertiary/aromatic N) is 1. The predicted octanol–water partition coefficient (Wildman–Crippen LogP) is 2.66. The summed E-state index contributed by atoms with van der Waals surface area (Å²) < 4.78 is 62.8. The van der Waals surface area contributed by atoms with Crippen LogP contribution in [-0.2, 0) is 12.3 Å². The first-order chi connectivity index (χ1) is 7.66. The molecule has 0 radical (unpaired) electrons. The largest absolute Gasteiger partial charge is 0.459 e. The fourth-order valence-corrected chi connectivity index (χ4v) is 1.34. The van der Waals surface area contributed by atoms with Crippen LogP contribution in [0.4, 0.5) is 22.0 Å². The molecule has 7 heteroatoms. The Kier molecular flexibility index (Phi) is 3.71. The summed E-state index contributed by atoms with van der Waals surface area (Å²) in [6, 6.07) is 2.34. The molecule has 17 heavy (non-hydrogen) atoms. The minimum absolute atomic E-state index is 0.311. The van der Waals surface area contributed by atoms with E-state index >= 15 is 0 Å². The van der Waals surface area contributed by atoms with Gasteiger partial charge in [-0.05, 0) is 18.6 Å². The van der Waals surface area contributed by atoms with E-state index in [0.29, 0.717) is 0 Å². The average Bonchev–Trinajstić information content (AvgIpc) is 2.15. The van der Waals surface area contributed by atoms with Crippen molar-refractivity contribution >= 4 is 0 Å². The van der Waals surface area contributed by atoms with Crippen LogP contribution >= 0.6 is 0 Å². The van der Waals surface area contributed by atoms with Gasteiger partial charge in [-0.2, -0.15) is 22.0 Å². The molecule has 0 spiro atoms. The molecule has 0 amide bonds. The molecule has 1 atom stereocenters. The number of aromatic nitrogens is 1. The maximum Gasteiger partial charge on any atom is 0.459 e. The number of aliphatic hydroxyl groups excluding tert-OH is 1. The highest BCUT2D eigenvalue weighted by Crippen LogP contribution is 2.44. The van der Waals surface area contributed by atoms with E-state index < -0.39 is 23.9 Å². The molecule has 0 saturated heterocycles. The van der Waals surface area contributed by atoms with Gasteiger partial charge in [0.1, 0.15) is 5.69 Å². The van der Waals surface area contributed by atoms with Crippen LogP contribution in [0.1, 0.15) is 18.2 Å². The van der Waals surface area contributed by atoms with Crippen molar-refractivity contribution in [2.75, 3.05) is 0 Å². The van der Waals surface area contributed by atoms with Crippen molar-refractivity contribution in [1.82, 2.24) is 4.98 Å². The van der Waals surface area contributed by atoms with Gasteiger partial charge in [0, 0.05) is 12.6 Å². The fourth-order valence-electron chi connectivity index (χ4n) is 1.34. The Morgan fingerprint density at radius 3 is 2.35 bits per heavy atom. The molecule has 1 aromatic heterocycles. The molecule has 1 unspecified atom stereocenters. The number of hydrogen-bond donors (Lipinski definition) is 1. The van der Waals surface area contributed by atoms with Crippen LogP contribution in [0.2, 0.25) is 0 Å². The van der Waals surface area contributed by atoms with Crippen molar-refractivity contribution in [3.8, 4) is 0 Å². The molecule has 0 aliphatic rings. The number of rotatable bonds is 3. The van der Waals surface area contributed by atoms with E-state index in [-0.39, 0.29) is 12.0 Å². The smallest absolute Gasteiger partial charge is 0.393 e. The number of halogens is 5. The molecule has 1 heterocycles. The van der Waals surface area contributed by atoms with E-state index in [0.717, 1.165) is 12.3 Å². The van der Waals surface area contributed by atoms with Gasteiger partial charge in [0.25, 0.3) is 0 Å². The number of hydrogen-bond acceptors (Lipinski definition) is 2. The van der Waals surface area contributed by atoms with Crippen molar-refractivity contribution in [2.24, 2.45) is 0 Å². The van der Waals surface area contributed by atoms with Crippen molar-refractivity contribution in [1.29, 1.82) is 0 Å². The van der Waals surface area contributed by atoms with Crippen LogP contribution in [0.15, 0.2) is 18.3 Å². The van der Waals surface area contributed by atoms with Crippen LogP contribution < -0.4 is 0 Å². The first-order valence-electron chi connectivity index (χ1n) is 4.73. The molecule has 0 aromatic carbocycles. The standard InChI is InChI=1S/C10H10F5NO/c1-6(17)5-7-3-2-4-16-8(7)9(11,12)10(13,14)15/h2-4,6,17H,5H2,1H3. The van der Waals surface area contributed by atoms with Crippen LogP contribution in [-0.4, -0.2) is 22.4 Å². The van der Waals surface area contributed by atoms with E-state index in [1.54, 1.807) is 0 Å². The molecule has 1 rings (SSSR count). The Morgan fingerprint density at radius 1 is 1.29 bits per heavy atom. The molecule has 96 valence electrons. The van der Waals surface area contributed by atoms with Crippen LogP contribution in [0.25, 0.3) is 0 Å². The second-order valence-electron chi connectivity index (χ2n) is 3.64. The van der Waals surface area contributed by atoms with E-state index in [9.17, 15) is 22.0 Å². The zero-order valence-electron chi connectivity index (χ0n) is 8.80. The van der Waals surface area contributed by atoms with Crippen molar-refractivity contribution in [2.45, 2.75) is 31.5 Å². The van der Waals surface area contributed by atoms with Gasteiger partial charge in [-0.15, -0.1) is 0 Å². The lowest BCUT2D eigenvalue weighted by atomic mass is 10.0. The lowest BCUT2D eigenvalue weighted by molar-refractivity contribution is -0.291. The highest BCUT2D eigenvalue weighted by molar-refractivity contribution is 5.25. The topological polar surface area (TPSA) is 33.1 Å². The lowest BCUT2D eigenvalue weighted by Crippen LogP contribution is -2.35. The summed E-state index contributed by atoms with van der Waals surface area (Å²) in [5, 5.41) is 9.04.